The van der Waals surface area contributed by atoms with E-state index >= 15 is 0 Å². The number of nitrogens with zero attached hydrogens (tertiary/aromatic N) is 2. The third kappa shape index (κ3) is 7.81. The normalized spacial score (nSPS) is 15.9. The van der Waals surface area contributed by atoms with Crippen LogP contribution in [0.4, 0.5) is 11.4 Å². The van der Waals surface area contributed by atoms with Gasteiger partial charge in [-0.25, -0.2) is 0 Å². The molecule has 0 radical (unpaired) electrons. The molecule has 6 nitrogen and oxygen atoms in total. The number of sulfonamides is 2. The molecule has 43 heavy (non-hydrogen) atoms. The molecule has 0 bridgehead atoms. The molecule has 0 fully saturated rings. The predicted molar refractivity (Wildman–Crippen MR) is 185 cm³/mol. The van der Waals surface area contributed by atoms with Crippen molar-refractivity contribution in [2.24, 2.45) is 0 Å². The Morgan fingerprint density at radius 3 is 1.67 bits per heavy atom. The molecule has 234 valence electrons. The number of benzene rings is 3. The first kappa shape index (κ1) is 34.3. The summed E-state index contributed by atoms with van der Waals surface area (Å²) in [6.07, 6.45) is 6.77. The van der Waals surface area contributed by atoms with Gasteiger partial charge >= 0.3 is 274 Å². The zero-order valence-corrected chi connectivity index (χ0v) is 31.7. The Morgan fingerprint density at radius 1 is 0.698 bits per heavy atom. The van der Waals surface area contributed by atoms with E-state index in [1.54, 1.807) is 77.1 Å². The molecular weight excluding hydrogens is 751 g/mol. The summed E-state index contributed by atoms with van der Waals surface area (Å²) in [5.74, 6) is 0. The van der Waals surface area contributed by atoms with Gasteiger partial charge in [0.1, 0.15) is 0 Å². The maximum absolute atomic E-state index is 14.6. The van der Waals surface area contributed by atoms with Crippen molar-refractivity contribution in [1.82, 2.24) is 0 Å². The number of hydrogen-bond acceptors (Lipinski definition) is 4. The van der Waals surface area contributed by atoms with Gasteiger partial charge in [-0.1, -0.05) is 0 Å². The molecule has 10 heteroatoms. The summed E-state index contributed by atoms with van der Waals surface area (Å²) in [5, 5.41) is 0. The first-order chi connectivity index (χ1) is 20.6. The number of halogens is 1. The number of rotatable bonds is 15. The predicted octanol–water partition coefficient (Wildman–Crippen LogP) is 9.07. The molecule has 0 saturated carbocycles. The number of hydrogen-bond donors (Lipinski definition) is 0. The Balaban J connectivity index is 1.95. The van der Waals surface area contributed by atoms with Gasteiger partial charge in [-0.2, -0.15) is 0 Å². The second-order valence-corrected chi connectivity index (χ2v) is 30.4. The van der Waals surface area contributed by atoms with Crippen molar-refractivity contribution in [2.45, 2.75) is 92.9 Å². The van der Waals surface area contributed by atoms with Gasteiger partial charge in [-0.05, 0) is 0 Å². The van der Waals surface area contributed by atoms with Crippen LogP contribution in [0.1, 0.15) is 59.3 Å². The zero-order valence-electron chi connectivity index (χ0n) is 25.6. The van der Waals surface area contributed by atoms with Crippen molar-refractivity contribution in [3.8, 4) is 0 Å². The van der Waals surface area contributed by atoms with Crippen LogP contribution in [0.5, 0.6) is 0 Å². The van der Waals surface area contributed by atoms with Crippen molar-refractivity contribution < 1.29 is 16.8 Å². The van der Waals surface area contributed by atoms with Crippen LogP contribution in [0.15, 0.2) is 93.1 Å². The van der Waals surface area contributed by atoms with Crippen molar-refractivity contribution in [1.29, 1.82) is 0 Å². The van der Waals surface area contributed by atoms with Gasteiger partial charge in [0.15, 0.2) is 0 Å². The van der Waals surface area contributed by atoms with Crippen LogP contribution in [0.2, 0.25) is 17.7 Å². The fourth-order valence-electron chi connectivity index (χ4n) is 6.41. The third-order valence-corrected chi connectivity index (χ3v) is 28.7. The van der Waals surface area contributed by atoms with E-state index in [0.717, 1.165) is 43.0 Å². The van der Waals surface area contributed by atoms with Crippen LogP contribution in [0, 0.1) is 0 Å². The summed E-state index contributed by atoms with van der Waals surface area (Å²) in [6.45, 7) is 6.78. The first-order valence-corrected chi connectivity index (χ1v) is 27.3. The van der Waals surface area contributed by atoms with Gasteiger partial charge in [0.25, 0.3) is 0 Å². The Kier molecular flexibility index (Phi) is 12.1. The summed E-state index contributed by atoms with van der Waals surface area (Å²) >= 11 is 0.574. The second-order valence-electron chi connectivity index (χ2n) is 11.8. The molecule has 1 aliphatic heterocycles. The minimum absolute atomic E-state index is 0.0982. The van der Waals surface area contributed by atoms with Gasteiger partial charge in [0, 0.05) is 0 Å². The molecule has 0 aromatic heterocycles. The van der Waals surface area contributed by atoms with E-state index < -0.39 is 44.5 Å². The van der Waals surface area contributed by atoms with Crippen molar-refractivity contribution in [3.63, 3.8) is 0 Å². The molecule has 1 aliphatic rings. The molecule has 0 spiro atoms. The average Bonchev–Trinajstić information content (AvgIpc) is 3.01. The first-order valence-electron chi connectivity index (χ1n) is 15.6. The average molecular weight is 796 g/mol. The van der Waals surface area contributed by atoms with E-state index in [4.69, 9.17) is 0 Å². The van der Waals surface area contributed by atoms with Crippen LogP contribution >= 0.6 is 15.9 Å². The number of unbranched alkanes of at least 4 members (excludes halogenated alkanes) is 3. The zero-order chi connectivity index (χ0) is 31.1. The summed E-state index contributed by atoms with van der Waals surface area (Å²) < 4.78 is 65.9. The quantitative estimate of drug-likeness (QED) is 0.144. The Labute approximate surface area is 272 Å². The van der Waals surface area contributed by atoms with E-state index in [0.29, 0.717) is 15.8 Å². The SMILES string of the molecule is CCC[CH2][Sn]([CH2]CCC)([CH2]CCC)[CH2]C1CN(S(=O)(=O)c2ccccc2)c2ccc(Br)cc2N1S(=O)(=O)c1ccccc1. The summed E-state index contributed by atoms with van der Waals surface area (Å²) in [4.78, 5) is 0.432. The third-order valence-electron chi connectivity index (χ3n) is 8.63. The standard InChI is InChI=1S/C21H18BrN2O4S2.3C4H9.Sn/c1-16-15-23(29(25,26)18-8-4-2-5-9-18)20-13-12-17(22)14-21(20)24(16)30(27,28)19-10-6-3-7-11-19;3*1-3-4-2;/h2-14,16H,1,15H2;3*1,3-4H2,2H3;. The molecule has 1 heterocycles. The van der Waals surface area contributed by atoms with Crippen molar-refractivity contribution in [3.05, 3.63) is 83.3 Å². The van der Waals surface area contributed by atoms with Gasteiger partial charge < -0.3 is 0 Å². The molecule has 0 amide bonds. The van der Waals surface area contributed by atoms with Gasteiger partial charge in [-0.15, -0.1) is 0 Å². The van der Waals surface area contributed by atoms with Crippen LogP contribution in [-0.4, -0.2) is 47.8 Å². The summed E-state index contributed by atoms with van der Waals surface area (Å²) in [7, 11) is -7.93. The van der Waals surface area contributed by atoms with E-state index in [-0.39, 0.29) is 16.3 Å². The fraction of sp³-hybridized carbons (Fsp3) is 0.455. The van der Waals surface area contributed by atoms with Crippen molar-refractivity contribution in [2.75, 3.05) is 15.2 Å². The molecule has 3 aromatic rings. The Morgan fingerprint density at radius 2 is 1.19 bits per heavy atom. The Hall–Kier alpha value is -1.56. The molecule has 3 aromatic carbocycles. The van der Waals surface area contributed by atoms with Crippen LogP contribution in [0.25, 0.3) is 0 Å². The summed E-state index contributed by atoms with van der Waals surface area (Å²) in [5.41, 5.74) is 0.801. The van der Waals surface area contributed by atoms with Crippen LogP contribution in [-0.2, 0) is 20.0 Å². The van der Waals surface area contributed by atoms with E-state index in [2.05, 4.69) is 36.7 Å². The van der Waals surface area contributed by atoms with Crippen molar-refractivity contribution >= 4 is 65.7 Å². The van der Waals surface area contributed by atoms with E-state index in [1.807, 2.05) is 6.07 Å². The molecular formula is C33H45BrN2O4S2Sn. The fourth-order valence-corrected chi connectivity index (χ4v) is 27.4. The molecule has 0 aliphatic carbocycles. The van der Waals surface area contributed by atoms with Gasteiger partial charge in [0.05, 0.1) is 0 Å². The molecule has 1 unspecified atom stereocenters. The van der Waals surface area contributed by atoms with Gasteiger partial charge in [0.2, 0.25) is 0 Å². The molecule has 4 rings (SSSR count). The number of fused-ring (bicyclic) bond motifs is 1. The van der Waals surface area contributed by atoms with Gasteiger partial charge in [-0.3, -0.25) is 0 Å². The second kappa shape index (κ2) is 15.1. The summed E-state index contributed by atoms with van der Waals surface area (Å²) in [6, 6.07) is 21.9. The van der Waals surface area contributed by atoms with E-state index in [9.17, 15) is 16.8 Å². The molecule has 1 atom stereocenters. The Bertz CT molecular complexity index is 1530. The topological polar surface area (TPSA) is 74.8 Å². The maximum atomic E-state index is 14.6. The van der Waals surface area contributed by atoms with E-state index in [1.165, 1.54) is 17.6 Å². The number of anilines is 2. The van der Waals surface area contributed by atoms with Crippen LogP contribution < -0.4 is 8.61 Å². The monoisotopic (exact) mass is 796 g/mol. The molecule has 0 N–H and O–H groups in total. The van der Waals surface area contributed by atoms with Crippen LogP contribution in [0.3, 0.4) is 0 Å². The minimum atomic E-state index is -3.98. The molecule has 0 saturated heterocycles.